The molecule has 22 heavy (non-hydrogen) atoms. The molecular weight excluding hydrogens is 282 g/mol. The van der Waals surface area contributed by atoms with Crippen LogP contribution in [0, 0.1) is 6.92 Å². The maximum atomic E-state index is 12.6. The molecule has 0 aliphatic heterocycles. The summed E-state index contributed by atoms with van der Waals surface area (Å²) >= 11 is 0. The Kier molecular flexibility index (Phi) is 5.30. The summed E-state index contributed by atoms with van der Waals surface area (Å²) < 4.78 is 11.7. The van der Waals surface area contributed by atoms with Gasteiger partial charge in [0.1, 0.15) is 0 Å². The number of rotatable bonds is 6. The van der Waals surface area contributed by atoms with Gasteiger partial charge in [-0.2, -0.15) is 0 Å². The Morgan fingerprint density at radius 3 is 2.50 bits per heavy atom. The van der Waals surface area contributed by atoms with Crippen LogP contribution < -0.4 is 5.56 Å². The van der Waals surface area contributed by atoms with Gasteiger partial charge in [0.25, 0.3) is 5.56 Å². The van der Waals surface area contributed by atoms with E-state index in [1.807, 2.05) is 44.2 Å². The van der Waals surface area contributed by atoms with Crippen molar-refractivity contribution in [3.63, 3.8) is 0 Å². The van der Waals surface area contributed by atoms with E-state index in [1.165, 1.54) is 4.68 Å². The van der Waals surface area contributed by atoms with Crippen LogP contribution in [0.1, 0.15) is 18.2 Å². The van der Waals surface area contributed by atoms with Gasteiger partial charge in [-0.1, -0.05) is 18.2 Å². The van der Waals surface area contributed by atoms with Crippen LogP contribution in [-0.2, 0) is 9.47 Å². The summed E-state index contributed by atoms with van der Waals surface area (Å²) in [6.07, 6.45) is -0.412. The Bertz CT molecular complexity index is 697. The number of aryl methyl sites for hydroxylation is 1. The van der Waals surface area contributed by atoms with E-state index in [9.17, 15) is 4.79 Å². The van der Waals surface area contributed by atoms with Crippen LogP contribution in [0.5, 0.6) is 0 Å². The van der Waals surface area contributed by atoms with Crippen LogP contribution in [-0.4, -0.2) is 42.5 Å². The molecule has 1 heterocycles. The number of methoxy groups -OCH3 is 2. The maximum absolute atomic E-state index is 12.6. The Balaban J connectivity index is 2.35. The molecule has 2 rings (SSSR count). The summed E-state index contributed by atoms with van der Waals surface area (Å²) in [4.78, 5) is 17.0. The predicted octanol–water partition coefficient (Wildman–Crippen LogP) is 1.90. The molecule has 0 radical (unpaired) electrons. The molecule has 0 spiro atoms. The molecule has 1 aromatic heterocycles. The highest BCUT2D eigenvalue weighted by molar-refractivity contribution is 5.99. The van der Waals surface area contributed by atoms with Crippen molar-refractivity contribution in [1.82, 2.24) is 9.78 Å². The SMILES string of the molecule is COC(CN=C(C)c1c(C)[nH]n(-c2ccccc2)c1=O)OC. The van der Waals surface area contributed by atoms with Crippen molar-refractivity contribution in [3.8, 4) is 5.69 Å². The fourth-order valence-electron chi connectivity index (χ4n) is 2.27. The van der Waals surface area contributed by atoms with Crippen molar-refractivity contribution in [2.45, 2.75) is 20.1 Å². The molecule has 0 fully saturated rings. The standard InChI is InChI=1S/C16H21N3O3/c1-11(17-10-14(21-3)22-4)15-12(2)18-19(16(15)20)13-8-6-5-7-9-13/h5-9,14,18H,10H2,1-4H3. The van der Waals surface area contributed by atoms with Crippen LogP contribution in [0.4, 0.5) is 0 Å². The van der Waals surface area contributed by atoms with Crippen molar-refractivity contribution >= 4 is 5.71 Å². The molecule has 0 saturated heterocycles. The van der Waals surface area contributed by atoms with E-state index in [-0.39, 0.29) is 5.56 Å². The first-order valence-electron chi connectivity index (χ1n) is 7.02. The number of H-pyrrole nitrogens is 1. The fraction of sp³-hybridized carbons (Fsp3) is 0.375. The van der Waals surface area contributed by atoms with E-state index in [1.54, 1.807) is 14.2 Å². The first-order valence-corrected chi connectivity index (χ1v) is 7.02. The number of nitrogens with zero attached hydrogens (tertiary/aromatic N) is 2. The van der Waals surface area contributed by atoms with E-state index >= 15 is 0 Å². The first-order chi connectivity index (χ1) is 10.6. The van der Waals surface area contributed by atoms with Gasteiger partial charge >= 0.3 is 0 Å². The molecular formula is C16H21N3O3. The molecule has 0 aliphatic rings. The molecule has 118 valence electrons. The molecule has 0 bridgehead atoms. The Morgan fingerprint density at radius 2 is 1.91 bits per heavy atom. The van der Waals surface area contributed by atoms with Gasteiger partial charge in [-0.25, -0.2) is 4.68 Å². The second kappa shape index (κ2) is 7.20. The molecule has 2 aromatic rings. The minimum Gasteiger partial charge on any atom is -0.354 e. The summed E-state index contributed by atoms with van der Waals surface area (Å²) in [6.45, 7) is 4.02. The van der Waals surface area contributed by atoms with E-state index in [2.05, 4.69) is 10.1 Å². The van der Waals surface area contributed by atoms with Gasteiger partial charge in [0.15, 0.2) is 6.29 Å². The molecule has 6 nitrogen and oxygen atoms in total. The van der Waals surface area contributed by atoms with Gasteiger partial charge in [0.2, 0.25) is 0 Å². The van der Waals surface area contributed by atoms with E-state index < -0.39 is 6.29 Å². The first kappa shape index (κ1) is 16.2. The fourth-order valence-corrected chi connectivity index (χ4v) is 2.27. The van der Waals surface area contributed by atoms with Crippen molar-refractivity contribution < 1.29 is 9.47 Å². The smallest absolute Gasteiger partial charge is 0.280 e. The summed E-state index contributed by atoms with van der Waals surface area (Å²) in [7, 11) is 3.12. The Hall–Kier alpha value is -2.18. The average molecular weight is 303 g/mol. The van der Waals surface area contributed by atoms with Crippen molar-refractivity contribution in [2.75, 3.05) is 20.8 Å². The van der Waals surface area contributed by atoms with Gasteiger partial charge in [-0.3, -0.25) is 14.9 Å². The highest BCUT2D eigenvalue weighted by atomic mass is 16.7. The second-order valence-corrected chi connectivity index (χ2v) is 4.91. The number of aromatic amines is 1. The zero-order valence-electron chi connectivity index (χ0n) is 13.3. The Labute approximate surface area is 129 Å². The van der Waals surface area contributed by atoms with Gasteiger partial charge in [0, 0.05) is 25.6 Å². The zero-order valence-corrected chi connectivity index (χ0v) is 13.3. The van der Waals surface area contributed by atoms with E-state index in [0.29, 0.717) is 17.8 Å². The van der Waals surface area contributed by atoms with Crippen LogP contribution >= 0.6 is 0 Å². The van der Waals surface area contributed by atoms with Gasteiger partial charge in [-0.15, -0.1) is 0 Å². The molecule has 1 N–H and O–H groups in total. The summed E-state index contributed by atoms with van der Waals surface area (Å²) in [5.74, 6) is 0. The number of hydrogen-bond acceptors (Lipinski definition) is 4. The molecule has 0 unspecified atom stereocenters. The molecule has 0 atom stereocenters. The zero-order chi connectivity index (χ0) is 16.1. The highest BCUT2D eigenvalue weighted by Gasteiger charge is 2.15. The second-order valence-electron chi connectivity index (χ2n) is 4.91. The summed E-state index contributed by atoms with van der Waals surface area (Å²) in [6, 6.07) is 9.44. The van der Waals surface area contributed by atoms with E-state index in [4.69, 9.17) is 9.47 Å². The lowest BCUT2D eigenvalue weighted by Gasteiger charge is -2.10. The normalized spacial score (nSPS) is 12.1. The lowest BCUT2D eigenvalue weighted by Crippen LogP contribution is -2.21. The predicted molar refractivity (Wildman–Crippen MR) is 86.0 cm³/mol. The Morgan fingerprint density at radius 1 is 1.27 bits per heavy atom. The van der Waals surface area contributed by atoms with Crippen LogP contribution in [0.25, 0.3) is 5.69 Å². The van der Waals surface area contributed by atoms with Gasteiger partial charge in [0.05, 0.1) is 17.8 Å². The third kappa shape index (κ3) is 3.35. The molecule has 6 heteroatoms. The van der Waals surface area contributed by atoms with Crippen molar-refractivity contribution in [2.24, 2.45) is 4.99 Å². The number of hydrogen-bond donors (Lipinski definition) is 1. The average Bonchev–Trinajstić information content (AvgIpc) is 2.84. The lowest BCUT2D eigenvalue weighted by atomic mass is 10.2. The third-order valence-electron chi connectivity index (χ3n) is 3.45. The number of para-hydroxylation sites is 1. The number of aromatic nitrogens is 2. The molecule has 0 amide bonds. The van der Waals surface area contributed by atoms with Gasteiger partial charge < -0.3 is 9.47 Å². The summed E-state index contributed by atoms with van der Waals surface area (Å²) in [5.41, 5.74) is 2.70. The maximum Gasteiger partial charge on any atom is 0.280 e. The minimum absolute atomic E-state index is 0.115. The number of aliphatic imine (C=N–C) groups is 1. The largest absolute Gasteiger partial charge is 0.354 e. The van der Waals surface area contributed by atoms with E-state index in [0.717, 1.165) is 11.4 Å². The van der Waals surface area contributed by atoms with Crippen LogP contribution in [0.2, 0.25) is 0 Å². The number of benzene rings is 1. The van der Waals surface area contributed by atoms with Crippen LogP contribution in [0.3, 0.4) is 0 Å². The molecule has 0 saturated carbocycles. The topological polar surface area (TPSA) is 68.6 Å². The highest BCUT2D eigenvalue weighted by Crippen LogP contribution is 2.08. The quantitative estimate of drug-likeness (QED) is 0.654. The van der Waals surface area contributed by atoms with Crippen LogP contribution in [0.15, 0.2) is 40.1 Å². The lowest BCUT2D eigenvalue weighted by molar-refractivity contribution is -0.0936. The molecule has 0 aliphatic carbocycles. The number of nitrogens with one attached hydrogen (secondary N) is 1. The van der Waals surface area contributed by atoms with Crippen molar-refractivity contribution in [3.05, 3.63) is 51.9 Å². The summed E-state index contributed by atoms with van der Waals surface area (Å²) in [5, 5.41) is 3.09. The van der Waals surface area contributed by atoms with Crippen molar-refractivity contribution in [1.29, 1.82) is 0 Å². The number of ether oxygens (including phenoxy) is 2. The minimum atomic E-state index is -0.412. The monoisotopic (exact) mass is 303 g/mol. The van der Waals surface area contributed by atoms with Gasteiger partial charge in [-0.05, 0) is 26.0 Å². The third-order valence-corrected chi connectivity index (χ3v) is 3.45. The molecule has 1 aromatic carbocycles.